The zero-order chi connectivity index (χ0) is 20.9. The third kappa shape index (κ3) is 3.69. The minimum atomic E-state index is -0.719. The number of nitrogen functional groups attached to an aromatic ring is 1. The number of aliphatic hydroxyl groups is 1. The molecule has 2 heterocycles. The van der Waals surface area contributed by atoms with Crippen molar-refractivity contribution in [3.05, 3.63) is 29.5 Å². The molecule has 7 nitrogen and oxygen atoms in total. The molecular weight excluding hydrogens is 368 g/mol. The van der Waals surface area contributed by atoms with E-state index in [1.807, 2.05) is 32.9 Å². The predicted octanol–water partition coefficient (Wildman–Crippen LogP) is 2.28. The number of nitrogens with zero attached hydrogens (tertiary/aromatic N) is 2. The fraction of sp³-hybridized carbons (Fsp3) is 0.591. The number of anilines is 1. The summed E-state index contributed by atoms with van der Waals surface area (Å²) in [6.45, 7) is 7.21. The monoisotopic (exact) mass is 400 g/mol. The molecule has 1 aliphatic heterocycles. The molecule has 158 valence electrons. The minimum absolute atomic E-state index is 0.00477. The number of likely N-dealkylation sites (N-methyl/N-ethyl adjacent to an activating group) is 1. The summed E-state index contributed by atoms with van der Waals surface area (Å²) in [6, 6.07) is 6.07. The lowest BCUT2D eigenvalue weighted by molar-refractivity contribution is 0.0190. The van der Waals surface area contributed by atoms with E-state index >= 15 is 0 Å². The largest absolute Gasteiger partial charge is 0.447 e. The van der Waals surface area contributed by atoms with E-state index in [0.717, 1.165) is 42.4 Å². The fourth-order valence-corrected chi connectivity index (χ4v) is 4.94. The van der Waals surface area contributed by atoms with Crippen molar-refractivity contribution in [1.29, 1.82) is 0 Å². The molecule has 0 spiro atoms. The van der Waals surface area contributed by atoms with Crippen molar-refractivity contribution in [1.82, 2.24) is 14.8 Å². The van der Waals surface area contributed by atoms with Gasteiger partial charge in [0.1, 0.15) is 0 Å². The number of nitrogens with two attached hydrogens (primary N) is 1. The van der Waals surface area contributed by atoms with Crippen molar-refractivity contribution < 1.29 is 14.6 Å². The standard InChI is InChI=1S/C22H32N4O3/c1-13(2)29-21(27)24-15-10-17-16-9-14(23)5-6-18(16)26(19(17)11-15)12-20-22(3,28)7-8-25(20)4/h5-6,9,13,15,20,28H,7-8,10-12,23H2,1-4H3,(H,24,27)/t15-,20+,22-/m0/s1. The van der Waals surface area contributed by atoms with E-state index in [0.29, 0.717) is 6.54 Å². The maximum absolute atomic E-state index is 12.1. The number of carbonyl (C=O) groups is 1. The van der Waals surface area contributed by atoms with Gasteiger partial charge in [0.05, 0.1) is 17.7 Å². The number of alkyl carbamates (subject to hydrolysis) is 1. The highest BCUT2D eigenvalue weighted by molar-refractivity contribution is 5.89. The number of nitrogens with one attached hydrogen (secondary N) is 1. The van der Waals surface area contributed by atoms with Gasteiger partial charge in [-0.2, -0.15) is 0 Å². The van der Waals surface area contributed by atoms with Crippen molar-refractivity contribution in [2.24, 2.45) is 0 Å². The number of hydrogen-bond donors (Lipinski definition) is 3. The number of likely N-dealkylation sites (tertiary alicyclic amines) is 1. The lowest BCUT2D eigenvalue weighted by atomic mass is 9.97. The average molecular weight is 401 g/mol. The van der Waals surface area contributed by atoms with Crippen LogP contribution in [0.1, 0.15) is 38.4 Å². The van der Waals surface area contributed by atoms with Crippen LogP contribution in [0.15, 0.2) is 18.2 Å². The van der Waals surface area contributed by atoms with Crippen LogP contribution in [0.5, 0.6) is 0 Å². The Hall–Kier alpha value is -2.25. The summed E-state index contributed by atoms with van der Waals surface area (Å²) in [5.41, 5.74) is 9.69. The normalized spacial score (nSPS) is 27.0. The van der Waals surface area contributed by atoms with Gasteiger partial charge >= 0.3 is 6.09 Å². The molecule has 1 aromatic heterocycles. The van der Waals surface area contributed by atoms with Crippen LogP contribution in [0.2, 0.25) is 0 Å². The predicted molar refractivity (Wildman–Crippen MR) is 114 cm³/mol. The number of rotatable bonds is 4. The lowest BCUT2D eigenvalue weighted by Crippen LogP contribution is -2.44. The number of hydrogen-bond acceptors (Lipinski definition) is 5. The van der Waals surface area contributed by atoms with Crippen molar-refractivity contribution in [2.75, 3.05) is 19.3 Å². The van der Waals surface area contributed by atoms with Gasteiger partial charge in [-0.15, -0.1) is 0 Å². The molecule has 2 aromatic rings. The molecule has 4 N–H and O–H groups in total. The molecule has 1 amide bonds. The smallest absolute Gasteiger partial charge is 0.407 e. The molecule has 2 aliphatic rings. The second-order valence-electron chi connectivity index (χ2n) is 9.12. The summed E-state index contributed by atoms with van der Waals surface area (Å²) in [5.74, 6) is 0. The first kappa shape index (κ1) is 20.0. The van der Waals surface area contributed by atoms with Crippen LogP contribution >= 0.6 is 0 Å². The molecule has 1 aliphatic carbocycles. The third-order valence-electron chi connectivity index (χ3n) is 6.44. The third-order valence-corrected chi connectivity index (χ3v) is 6.44. The summed E-state index contributed by atoms with van der Waals surface area (Å²) < 4.78 is 7.58. The van der Waals surface area contributed by atoms with Gasteiger partial charge < -0.3 is 25.5 Å². The van der Waals surface area contributed by atoms with Crippen LogP contribution in [0.25, 0.3) is 10.9 Å². The molecule has 0 saturated carbocycles. The van der Waals surface area contributed by atoms with Crippen LogP contribution in [0.4, 0.5) is 10.5 Å². The van der Waals surface area contributed by atoms with Gasteiger partial charge in [0.15, 0.2) is 0 Å². The first-order valence-electron chi connectivity index (χ1n) is 10.4. The molecule has 0 radical (unpaired) electrons. The van der Waals surface area contributed by atoms with Crippen molar-refractivity contribution in [3.8, 4) is 0 Å². The maximum Gasteiger partial charge on any atom is 0.407 e. The Morgan fingerprint density at radius 3 is 2.83 bits per heavy atom. The highest BCUT2D eigenvalue weighted by atomic mass is 16.6. The quantitative estimate of drug-likeness (QED) is 0.685. The molecule has 0 bridgehead atoms. The van der Waals surface area contributed by atoms with Crippen LogP contribution < -0.4 is 11.1 Å². The molecular formula is C22H32N4O3. The van der Waals surface area contributed by atoms with Gasteiger partial charge in [-0.3, -0.25) is 4.90 Å². The lowest BCUT2D eigenvalue weighted by Gasteiger charge is -2.31. The van der Waals surface area contributed by atoms with Gasteiger partial charge in [-0.05, 0) is 64.4 Å². The van der Waals surface area contributed by atoms with E-state index in [1.165, 1.54) is 11.3 Å². The van der Waals surface area contributed by atoms with Gasteiger partial charge in [0.2, 0.25) is 0 Å². The van der Waals surface area contributed by atoms with Crippen LogP contribution in [0.3, 0.4) is 0 Å². The molecule has 1 aromatic carbocycles. The zero-order valence-electron chi connectivity index (χ0n) is 17.7. The van der Waals surface area contributed by atoms with Crippen molar-refractivity contribution >= 4 is 22.7 Å². The molecule has 4 rings (SSSR count). The van der Waals surface area contributed by atoms with Crippen molar-refractivity contribution in [2.45, 2.75) is 70.4 Å². The van der Waals surface area contributed by atoms with Gasteiger partial charge in [0.25, 0.3) is 0 Å². The van der Waals surface area contributed by atoms with E-state index in [2.05, 4.69) is 27.9 Å². The Morgan fingerprint density at radius 2 is 2.17 bits per heavy atom. The Labute approximate surface area is 171 Å². The highest BCUT2D eigenvalue weighted by Gasteiger charge is 2.42. The second-order valence-corrected chi connectivity index (χ2v) is 9.12. The van der Waals surface area contributed by atoms with E-state index in [1.54, 1.807) is 0 Å². The number of amides is 1. The summed E-state index contributed by atoms with van der Waals surface area (Å²) in [5, 5.41) is 15.0. The number of ether oxygens (including phenoxy) is 1. The number of fused-ring (bicyclic) bond motifs is 3. The molecule has 3 atom stereocenters. The van der Waals surface area contributed by atoms with Crippen LogP contribution in [-0.2, 0) is 24.1 Å². The Bertz CT molecular complexity index is 934. The topological polar surface area (TPSA) is 92.8 Å². The van der Waals surface area contributed by atoms with Crippen LogP contribution in [0, 0.1) is 0 Å². The SMILES string of the molecule is CC(C)OC(=O)N[C@H]1Cc2c(n(C[C@H]3N(C)CC[C@]3(C)O)c3ccc(N)cc23)C1. The Balaban J connectivity index is 1.66. The van der Waals surface area contributed by atoms with E-state index in [-0.39, 0.29) is 24.3 Å². The van der Waals surface area contributed by atoms with Crippen molar-refractivity contribution in [3.63, 3.8) is 0 Å². The summed E-state index contributed by atoms with van der Waals surface area (Å²) in [4.78, 5) is 14.3. The summed E-state index contributed by atoms with van der Waals surface area (Å²) in [7, 11) is 2.07. The van der Waals surface area contributed by atoms with E-state index in [9.17, 15) is 9.90 Å². The Morgan fingerprint density at radius 1 is 1.41 bits per heavy atom. The minimum Gasteiger partial charge on any atom is -0.447 e. The van der Waals surface area contributed by atoms with Crippen LogP contribution in [-0.4, -0.2) is 58.0 Å². The molecule has 7 heteroatoms. The maximum atomic E-state index is 12.1. The first-order valence-corrected chi connectivity index (χ1v) is 10.4. The van der Waals surface area contributed by atoms with Gasteiger partial charge in [-0.1, -0.05) is 0 Å². The van der Waals surface area contributed by atoms with Gasteiger partial charge in [-0.25, -0.2) is 4.79 Å². The second kappa shape index (κ2) is 7.22. The summed E-state index contributed by atoms with van der Waals surface area (Å²) >= 11 is 0. The Kier molecular flexibility index (Phi) is 4.99. The van der Waals surface area contributed by atoms with E-state index < -0.39 is 5.60 Å². The summed E-state index contributed by atoms with van der Waals surface area (Å²) in [6.07, 6.45) is 1.76. The number of aromatic nitrogens is 1. The zero-order valence-corrected chi connectivity index (χ0v) is 17.7. The average Bonchev–Trinajstić information content (AvgIpc) is 3.21. The van der Waals surface area contributed by atoms with E-state index in [4.69, 9.17) is 10.5 Å². The highest BCUT2D eigenvalue weighted by Crippen LogP contribution is 2.37. The van der Waals surface area contributed by atoms with Gasteiger partial charge in [0, 0.05) is 47.8 Å². The molecule has 29 heavy (non-hydrogen) atoms. The number of benzene rings is 1. The fourth-order valence-electron chi connectivity index (χ4n) is 4.94. The number of carbonyl (C=O) groups excluding carboxylic acids is 1. The molecule has 1 saturated heterocycles. The molecule has 1 fully saturated rings. The molecule has 0 unspecified atom stereocenters. The first-order chi connectivity index (χ1) is 13.7.